The minimum atomic E-state index is -0.297. The summed E-state index contributed by atoms with van der Waals surface area (Å²) < 4.78 is 14.7. The zero-order chi connectivity index (χ0) is 15.5. The van der Waals surface area contributed by atoms with E-state index >= 15 is 0 Å². The lowest BCUT2D eigenvalue weighted by molar-refractivity contribution is 0.628. The van der Waals surface area contributed by atoms with Crippen LogP contribution < -0.4 is 0 Å². The first-order valence-electron chi connectivity index (χ1n) is 6.37. The molecule has 3 rings (SSSR count). The van der Waals surface area contributed by atoms with Crippen LogP contribution in [0.1, 0.15) is 5.56 Å². The van der Waals surface area contributed by atoms with Crippen LogP contribution in [0.2, 0.25) is 5.02 Å². The molecule has 0 saturated heterocycles. The Labute approximate surface area is 135 Å². The average molecular weight is 333 g/mol. The van der Waals surface area contributed by atoms with Gasteiger partial charge in [-0.2, -0.15) is 14.9 Å². The molecule has 0 aliphatic rings. The third kappa shape index (κ3) is 2.98. The number of nitrogens with zero attached hydrogens (tertiary/aromatic N) is 3. The molecule has 0 amide bonds. The smallest absolute Gasteiger partial charge is 0.216 e. The maximum atomic E-state index is 12.9. The van der Waals surface area contributed by atoms with E-state index in [1.165, 1.54) is 16.8 Å². The second kappa shape index (κ2) is 6.21. The summed E-state index contributed by atoms with van der Waals surface area (Å²) in [4.78, 5) is 0. The van der Waals surface area contributed by atoms with Gasteiger partial charge in [-0.25, -0.2) is 9.49 Å². The first kappa shape index (κ1) is 14.6. The fourth-order valence-electron chi connectivity index (χ4n) is 1.89. The predicted molar refractivity (Wildman–Crippen MR) is 87.2 cm³/mol. The topological polar surface area (TPSA) is 46.0 Å². The Kier molecular flexibility index (Phi) is 4.13. The Hall–Kier alpha value is -2.31. The van der Waals surface area contributed by atoms with E-state index in [4.69, 9.17) is 23.8 Å². The van der Waals surface area contributed by atoms with E-state index in [-0.39, 0.29) is 5.82 Å². The SMILES string of the molecule is Fc1ccc(/C=N/n2c(-c3ccccc3Cl)n[nH]c2=S)cc1. The molecule has 3 aromatic rings. The monoisotopic (exact) mass is 332 g/mol. The van der Waals surface area contributed by atoms with E-state index in [1.807, 2.05) is 18.2 Å². The van der Waals surface area contributed by atoms with Crippen molar-refractivity contribution in [3.05, 3.63) is 69.7 Å². The number of hydrogen-bond donors (Lipinski definition) is 1. The van der Waals surface area contributed by atoms with E-state index in [2.05, 4.69) is 15.3 Å². The van der Waals surface area contributed by atoms with Gasteiger partial charge in [0.1, 0.15) is 5.82 Å². The van der Waals surface area contributed by atoms with Gasteiger partial charge in [-0.15, -0.1) is 0 Å². The Bertz CT molecular complexity index is 883. The van der Waals surface area contributed by atoms with E-state index < -0.39 is 0 Å². The van der Waals surface area contributed by atoms with Crippen molar-refractivity contribution in [1.82, 2.24) is 14.9 Å². The van der Waals surface area contributed by atoms with Crippen molar-refractivity contribution in [3.63, 3.8) is 0 Å². The van der Waals surface area contributed by atoms with E-state index in [0.29, 0.717) is 21.2 Å². The number of rotatable bonds is 3. The minimum absolute atomic E-state index is 0.297. The molecule has 2 aromatic carbocycles. The first-order chi connectivity index (χ1) is 10.6. The molecule has 22 heavy (non-hydrogen) atoms. The minimum Gasteiger partial charge on any atom is -0.250 e. The number of benzene rings is 2. The van der Waals surface area contributed by atoms with Gasteiger partial charge in [0.25, 0.3) is 0 Å². The molecule has 1 aromatic heterocycles. The quantitative estimate of drug-likeness (QED) is 0.574. The van der Waals surface area contributed by atoms with Crippen LogP contribution in [0.25, 0.3) is 11.4 Å². The molecule has 0 spiro atoms. The summed E-state index contributed by atoms with van der Waals surface area (Å²) in [6.07, 6.45) is 1.57. The Morgan fingerprint density at radius 2 is 1.91 bits per heavy atom. The summed E-state index contributed by atoms with van der Waals surface area (Å²) in [6.45, 7) is 0. The number of aromatic amines is 1. The van der Waals surface area contributed by atoms with Crippen molar-refractivity contribution < 1.29 is 4.39 Å². The number of halogens is 2. The third-order valence-electron chi connectivity index (χ3n) is 2.96. The van der Waals surface area contributed by atoms with Gasteiger partial charge in [0.05, 0.1) is 11.2 Å². The highest BCUT2D eigenvalue weighted by atomic mass is 35.5. The van der Waals surface area contributed by atoms with Gasteiger partial charge in [0.2, 0.25) is 4.77 Å². The van der Waals surface area contributed by atoms with Crippen LogP contribution >= 0.6 is 23.8 Å². The van der Waals surface area contributed by atoms with Crippen molar-refractivity contribution in [1.29, 1.82) is 0 Å². The highest BCUT2D eigenvalue weighted by Gasteiger charge is 2.11. The average Bonchev–Trinajstić information content (AvgIpc) is 2.88. The highest BCUT2D eigenvalue weighted by molar-refractivity contribution is 7.71. The lowest BCUT2D eigenvalue weighted by Gasteiger charge is -2.02. The molecule has 0 atom stereocenters. The van der Waals surface area contributed by atoms with Crippen LogP contribution in [0.4, 0.5) is 4.39 Å². The molecular weight excluding hydrogens is 323 g/mol. The largest absolute Gasteiger partial charge is 0.250 e. The number of nitrogens with one attached hydrogen (secondary N) is 1. The summed E-state index contributed by atoms with van der Waals surface area (Å²) in [6, 6.07) is 13.3. The number of H-pyrrole nitrogens is 1. The fourth-order valence-corrected chi connectivity index (χ4v) is 2.29. The molecule has 110 valence electrons. The molecule has 0 aliphatic carbocycles. The zero-order valence-corrected chi connectivity index (χ0v) is 12.8. The number of hydrogen-bond acceptors (Lipinski definition) is 3. The van der Waals surface area contributed by atoms with Crippen LogP contribution in [0.3, 0.4) is 0 Å². The van der Waals surface area contributed by atoms with Crippen LogP contribution in [-0.4, -0.2) is 21.1 Å². The van der Waals surface area contributed by atoms with Gasteiger partial charge in [0.15, 0.2) is 5.82 Å². The summed E-state index contributed by atoms with van der Waals surface area (Å²) in [5, 5.41) is 11.7. The molecule has 0 unspecified atom stereocenters. The number of aromatic nitrogens is 3. The van der Waals surface area contributed by atoms with Crippen molar-refractivity contribution in [2.45, 2.75) is 0 Å². The van der Waals surface area contributed by atoms with Gasteiger partial charge in [-0.1, -0.05) is 35.9 Å². The van der Waals surface area contributed by atoms with Crippen molar-refractivity contribution >= 4 is 30.0 Å². The molecule has 0 bridgehead atoms. The summed E-state index contributed by atoms with van der Waals surface area (Å²) in [5.41, 5.74) is 1.46. The first-order valence-corrected chi connectivity index (χ1v) is 7.16. The van der Waals surface area contributed by atoms with Crippen molar-refractivity contribution in [3.8, 4) is 11.4 Å². The standard InChI is InChI=1S/C15H10ClFN4S/c16-13-4-2-1-3-12(13)14-19-20-15(22)21(14)18-9-10-5-7-11(17)8-6-10/h1-9H,(H,20,22)/b18-9+. The van der Waals surface area contributed by atoms with Gasteiger partial charge in [-0.3, -0.25) is 0 Å². The van der Waals surface area contributed by atoms with E-state index in [0.717, 1.165) is 5.56 Å². The molecule has 0 saturated carbocycles. The van der Waals surface area contributed by atoms with Gasteiger partial charge in [-0.05, 0) is 42.0 Å². The second-order valence-corrected chi connectivity index (χ2v) is 5.23. The molecular formula is C15H10ClFN4S. The fraction of sp³-hybridized carbons (Fsp3) is 0. The highest BCUT2D eigenvalue weighted by Crippen LogP contribution is 2.25. The molecule has 1 N–H and O–H groups in total. The van der Waals surface area contributed by atoms with Crippen LogP contribution in [-0.2, 0) is 0 Å². The third-order valence-corrected chi connectivity index (χ3v) is 3.55. The molecule has 1 heterocycles. The van der Waals surface area contributed by atoms with Gasteiger partial charge >= 0.3 is 0 Å². The molecule has 7 heteroatoms. The molecule has 0 radical (unpaired) electrons. The molecule has 0 aliphatic heterocycles. The lowest BCUT2D eigenvalue weighted by atomic mass is 10.2. The van der Waals surface area contributed by atoms with Crippen molar-refractivity contribution in [2.24, 2.45) is 5.10 Å². The van der Waals surface area contributed by atoms with Crippen LogP contribution in [0, 0.1) is 10.6 Å². The van der Waals surface area contributed by atoms with E-state index in [1.54, 1.807) is 24.4 Å². The zero-order valence-electron chi connectivity index (χ0n) is 11.2. The Morgan fingerprint density at radius 1 is 1.18 bits per heavy atom. The summed E-state index contributed by atoms with van der Waals surface area (Å²) in [7, 11) is 0. The maximum absolute atomic E-state index is 12.9. The maximum Gasteiger partial charge on any atom is 0.216 e. The summed E-state index contributed by atoms with van der Waals surface area (Å²) in [5.74, 6) is 0.211. The van der Waals surface area contributed by atoms with Crippen LogP contribution in [0.5, 0.6) is 0 Å². The Morgan fingerprint density at radius 3 is 2.64 bits per heavy atom. The Balaban J connectivity index is 2.02. The van der Waals surface area contributed by atoms with Crippen molar-refractivity contribution in [2.75, 3.05) is 0 Å². The van der Waals surface area contributed by atoms with E-state index in [9.17, 15) is 4.39 Å². The predicted octanol–water partition coefficient (Wildman–Crippen LogP) is 4.28. The van der Waals surface area contributed by atoms with Crippen LogP contribution in [0.15, 0.2) is 53.6 Å². The second-order valence-electron chi connectivity index (χ2n) is 4.44. The molecule has 0 fully saturated rings. The van der Waals surface area contributed by atoms with Gasteiger partial charge in [0, 0.05) is 5.56 Å². The lowest BCUT2D eigenvalue weighted by Crippen LogP contribution is -1.95. The normalized spacial score (nSPS) is 11.2. The molecule has 4 nitrogen and oxygen atoms in total. The summed E-state index contributed by atoms with van der Waals surface area (Å²) >= 11 is 11.4. The van der Waals surface area contributed by atoms with Gasteiger partial charge < -0.3 is 0 Å².